The van der Waals surface area contributed by atoms with Crippen LogP contribution in [0.25, 0.3) is 0 Å². The van der Waals surface area contributed by atoms with Crippen molar-refractivity contribution in [2.24, 2.45) is 0 Å². The molecule has 0 bridgehead atoms. The van der Waals surface area contributed by atoms with E-state index in [9.17, 15) is 4.79 Å². The first-order chi connectivity index (χ1) is 6.71. The Balaban J connectivity index is 1.86. The van der Waals surface area contributed by atoms with Gasteiger partial charge in [0.1, 0.15) is 10.9 Å². The highest BCUT2D eigenvalue weighted by molar-refractivity contribution is 9.10. The topological polar surface area (TPSA) is 26.3 Å². The van der Waals surface area contributed by atoms with Crippen LogP contribution < -0.4 is 0 Å². The Labute approximate surface area is 91.4 Å². The van der Waals surface area contributed by atoms with Crippen molar-refractivity contribution < 1.29 is 9.53 Å². The van der Waals surface area contributed by atoms with Crippen LogP contribution >= 0.6 is 15.9 Å². The highest BCUT2D eigenvalue weighted by Gasteiger charge is 2.49. The third-order valence-corrected chi connectivity index (χ3v) is 3.38. The number of esters is 1. The van der Waals surface area contributed by atoms with E-state index in [-0.39, 0.29) is 10.3 Å². The molecule has 0 atom stereocenters. The summed E-state index contributed by atoms with van der Waals surface area (Å²) in [5.41, 5.74) is 1.03. The van der Waals surface area contributed by atoms with Crippen LogP contribution in [0.15, 0.2) is 30.3 Å². The third kappa shape index (κ3) is 2.15. The molecule has 0 amide bonds. The molecule has 1 fully saturated rings. The van der Waals surface area contributed by atoms with Gasteiger partial charge in [-0.2, -0.15) is 0 Å². The van der Waals surface area contributed by atoms with Crippen molar-refractivity contribution in [2.75, 3.05) is 0 Å². The van der Waals surface area contributed by atoms with Crippen LogP contribution in [0.2, 0.25) is 0 Å². The fourth-order valence-corrected chi connectivity index (χ4v) is 1.48. The molecule has 0 N–H and O–H groups in total. The molecule has 0 heterocycles. The Hall–Kier alpha value is -0.830. The molecule has 0 spiro atoms. The second-order valence-corrected chi connectivity index (χ2v) is 5.05. The quantitative estimate of drug-likeness (QED) is 0.613. The van der Waals surface area contributed by atoms with Crippen molar-refractivity contribution in [3.8, 4) is 0 Å². The molecule has 1 aliphatic rings. The number of hydrogen-bond donors (Lipinski definition) is 0. The molecule has 0 aliphatic heterocycles. The lowest BCUT2D eigenvalue weighted by atomic mass is 10.2. The molecule has 14 heavy (non-hydrogen) atoms. The summed E-state index contributed by atoms with van der Waals surface area (Å²) in [5, 5.41) is 0. The SMILES string of the molecule is O=C(OCc1ccccc1)C1(Br)CC1. The van der Waals surface area contributed by atoms with Crippen LogP contribution in [0.3, 0.4) is 0 Å². The van der Waals surface area contributed by atoms with Gasteiger partial charge in [0.25, 0.3) is 0 Å². The second kappa shape index (κ2) is 3.73. The molecule has 2 rings (SSSR count). The smallest absolute Gasteiger partial charge is 0.323 e. The lowest BCUT2D eigenvalue weighted by molar-refractivity contribution is -0.144. The summed E-state index contributed by atoms with van der Waals surface area (Å²) in [6.45, 7) is 0.368. The largest absolute Gasteiger partial charge is 0.460 e. The highest BCUT2D eigenvalue weighted by atomic mass is 79.9. The molecule has 3 heteroatoms. The second-order valence-electron chi connectivity index (χ2n) is 3.53. The van der Waals surface area contributed by atoms with Crippen LogP contribution in [0.1, 0.15) is 18.4 Å². The molecule has 1 aromatic rings. The van der Waals surface area contributed by atoms with E-state index in [2.05, 4.69) is 15.9 Å². The van der Waals surface area contributed by atoms with Crippen molar-refractivity contribution in [1.82, 2.24) is 0 Å². The Morgan fingerprint density at radius 1 is 1.36 bits per heavy atom. The van der Waals surface area contributed by atoms with Gasteiger partial charge in [-0.15, -0.1) is 0 Å². The monoisotopic (exact) mass is 254 g/mol. The first-order valence-corrected chi connectivity index (χ1v) is 5.40. The maximum Gasteiger partial charge on any atom is 0.323 e. The average molecular weight is 255 g/mol. The fourth-order valence-electron chi connectivity index (χ4n) is 1.17. The molecular formula is C11H11BrO2. The number of benzene rings is 1. The van der Waals surface area contributed by atoms with Crippen LogP contribution in [0, 0.1) is 0 Å². The number of halogens is 1. The average Bonchev–Trinajstić information content (AvgIpc) is 2.96. The lowest BCUT2D eigenvalue weighted by Gasteiger charge is -2.07. The summed E-state index contributed by atoms with van der Waals surface area (Å²) in [6, 6.07) is 9.70. The molecule has 1 saturated carbocycles. The molecular weight excluding hydrogens is 244 g/mol. The Morgan fingerprint density at radius 2 is 2.00 bits per heavy atom. The Bertz CT molecular complexity index is 330. The van der Waals surface area contributed by atoms with Gasteiger partial charge in [-0.25, -0.2) is 0 Å². The van der Waals surface area contributed by atoms with Crippen LogP contribution in [0.4, 0.5) is 0 Å². The first kappa shape index (κ1) is 9.71. The van der Waals surface area contributed by atoms with Crippen molar-refractivity contribution in [3.63, 3.8) is 0 Å². The van der Waals surface area contributed by atoms with Crippen LogP contribution in [0.5, 0.6) is 0 Å². The predicted octanol–water partition coefficient (Wildman–Crippen LogP) is 2.66. The van der Waals surface area contributed by atoms with Crippen molar-refractivity contribution >= 4 is 21.9 Å². The van der Waals surface area contributed by atoms with Crippen LogP contribution in [-0.2, 0) is 16.1 Å². The van der Waals surface area contributed by atoms with Gasteiger partial charge in [0.05, 0.1) is 0 Å². The lowest BCUT2D eigenvalue weighted by Crippen LogP contribution is -2.18. The van der Waals surface area contributed by atoms with Gasteiger partial charge in [0.15, 0.2) is 0 Å². The van der Waals surface area contributed by atoms with Gasteiger partial charge < -0.3 is 4.74 Å². The molecule has 0 aromatic heterocycles. The highest BCUT2D eigenvalue weighted by Crippen LogP contribution is 2.45. The van der Waals surface area contributed by atoms with Gasteiger partial charge in [0.2, 0.25) is 0 Å². The Morgan fingerprint density at radius 3 is 2.57 bits per heavy atom. The first-order valence-electron chi connectivity index (χ1n) is 4.61. The van der Waals surface area contributed by atoms with Crippen molar-refractivity contribution in [2.45, 2.75) is 23.8 Å². The van der Waals surface area contributed by atoms with E-state index < -0.39 is 0 Å². The molecule has 1 aliphatic carbocycles. The molecule has 0 unspecified atom stereocenters. The summed E-state index contributed by atoms with van der Waals surface area (Å²) < 4.78 is 4.81. The van der Waals surface area contributed by atoms with E-state index in [0.717, 1.165) is 18.4 Å². The van der Waals surface area contributed by atoms with E-state index in [0.29, 0.717) is 6.61 Å². The molecule has 1 aromatic carbocycles. The number of alkyl halides is 1. The number of ether oxygens (including phenoxy) is 1. The number of hydrogen-bond acceptors (Lipinski definition) is 2. The Kier molecular flexibility index (Phi) is 2.59. The number of carbonyl (C=O) groups is 1. The summed E-state index contributed by atoms with van der Waals surface area (Å²) >= 11 is 3.35. The van der Waals surface area contributed by atoms with Crippen molar-refractivity contribution in [3.05, 3.63) is 35.9 Å². The zero-order valence-corrected chi connectivity index (χ0v) is 9.29. The summed E-state index contributed by atoms with van der Waals surface area (Å²) in [4.78, 5) is 11.4. The predicted molar refractivity (Wildman–Crippen MR) is 57.1 cm³/mol. The van der Waals surface area contributed by atoms with E-state index in [1.165, 1.54) is 0 Å². The zero-order chi connectivity index (χ0) is 10.0. The van der Waals surface area contributed by atoms with Gasteiger partial charge in [-0.3, -0.25) is 4.79 Å². The summed E-state index contributed by atoms with van der Waals surface area (Å²) in [5.74, 6) is -0.138. The fraction of sp³-hybridized carbons (Fsp3) is 0.364. The summed E-state index contributed by atoms with van der Waals surface area (Å²) in [6.07, 6.45) is 1.78. The number of carbonyl (C=O) groups excluding carboxylic acids is 1. The minimum absolute atomic E-state index is 0.138. The minimum Gasteiger partial charge on any atom is -0.460 e. The summed E-state index contributed by atoms with van der Waals surface area (Å²) in [7, 11) is 0. The normalized spacial score (nSPS) is 17.5. The molecule has 2 nitrogen and oxygen atoms in total. The van der Waals surface area contributed by atoms with Gasteiger partial charge in [-0.1, -0.05) is 46.3 Å². The van der Waals surface area contributed by atoms with Gasteiger partial charge >= 0.3 is 5.97 Å². The maximum absolute atomic E-state index is 11.4. The van der Waals surface area contributed by atoms with E-state index in [1.54, 1.807) is 0 Å². The molecule has 0 radical (unpaired) electrons. The van der Waals surface area contributed by atoms with Crippen molar-refractivity contribution in [1.29, 1.82) is 0 Å². The third-order valence-electron chi connectivity index (χ3n) is 2.27. The van der Waals surface area contributed by atoms with E-state index in [1.807, 2.05) is 30.3 Å². The van der Waals surface area contributed by atoms with E-state index >= 15 is 0 Å². The minimum atomic E-state index is -0.359. The zero-order valence-electron chi connectivity index (χ0n) is 7.70. The molecule has 0 saturated heterocycles. The maximum atomic E-state index is 11.4. The van der Waals surface area contributed by atoms with Gasteiger partial charge in [0, 0.05) is 0 Å². The van der Waals surface area contributed by atoms with Crippen LogP contribution in [-0.4, -0.2) is 10.3 Å². The number of rotatable bonds is 3. The molecule has 74 valence electrons. The van der Waals surface area contributed by atoms with E-state index in [4.69, 9.17) is 4.74 Å². The van der Waals surface area contributed by atoms with Gasteiger partial charge in [-0.05, 0) is 18.4 Å². The standard InChI is InChI=1S/C11H11BrO2/c12-11(6-7-11)10(13)14-8-9-4-2-1-3-5-9/h1-5H,6-8H2.